The minimum absolute atomic E-state index is 0.120. The van der Waals surface area contributed by atoms with Crippen molar-refractivity contribution in [3.05, 3.63) is 35.9 Å². The van der Waals surface area contributed by atoms with E-state index in [9.17, 15) is 4.79 Å². The summed E-state index contributed by atoms with van der Waals surface area (Å²) in [6, 6.07) is 11.4. The van der Waals surface area contributed by atoms with Gasteiger partial charge in [-0.3, -0.25) is 9.69 Å². The molecule has 0 heterocycles. The zero-order valence-corrected chi connectivity index (χ0v) is 11.1. The van der Waals surface area contributed by atoms with Crippen LogP contribution in [0.25, 0.3) is 0 Å². The molecular formula is C15H20N2O. The van der Waals surface area contributed by atoms with E-state index in [0.29, 0.717) is 13.0 Å². The van der Waals surface area contributed by atoms with Gasteiger partial charge in [-0.05, 0) is 13.0 Å². The van der Waals surface area contributed by atoms with Crippen LogP contribution in [0.1, 0.15) is 37.0 Å². The van der Waals surface area contributed by atoms with Gasteiger partial charge < -0.3 is 0 Å². The summed E-state index contributed by atoms with van der Waals surface area (Å²) >= 11 is 0. The number of rotatable bonds is 7. The van der Waals surface area contributed by atoms with E-state index in [0.717, 1.165) is 18.5 Å². The summed E-state index contributed by atoms with van der Waals surface area (Å²) in [6.45, 7) is 5.49. The predicted molar refractivity (Wildman–Crippen MR) is 72.3 cm³/mol. The summed E-state index contributed by atoms with van der Waals surface area (Å²) in [5, 5.41) is 8.66. The van der Waals surface area contributed by atoms with Gasteiger partial charge in [-0.15, -0.1) is 0 Å². The number of likely N-dealkylation sites (N-methyl/N-ethyl adjacent to an activating group) is 1. The van der Waals surface area contributed by atoms with Crippen molar-refractivity contribution >= 4 is 5.78 Å². The Morgan fingerprint density at radius 3 is 2.50 bits per heavy atom. The third-order valence-electron chi connectivity index (χ3n) is 3.11. The third-order valence-corrected chi connectivity index (χ3v) is 3.11. The zero-order valence-electron chi connectivity index (χ0n) is 11.1. The normalized spacial score (nSPS) is 12.1. The number of ketones is 1. The lowest BCUT2D eigenvalue weighted by molar-refractivity contribution is 0.0821. The van der Waals surface area contributed by atoms with Gasteiger partial charge >= 0.3 is 0 Å². The van der Waals surface area contributed by atoms with Crippen molar-refractivity contribution in [1.29, 1.82) is 5.26 Å². The molecule has 1 atom stereocenters. The molecule has 18 heavy (non-hydrogen) atoms. The molecule has 1 unspecified atom stereocenters. The van der Waals surface area contributed by atoms with Crippen LogP contribution in [-0.4, -0.2) is 29.8 Å². The third kappa shape index (κ3) is 3.68. The lowest BCUT2D eigenvalue weighted by Crippen LogP contribution is -2.41. The highest BCUT2D eigenvalue weighted by Crippen LogP contribution is 2.12. The smallest absolute Gasteiger partial charge is 0.179 e. The van der Waals surface area contributed by atoms with Crippen LogP contribution < -0.4 is 0 Å². The van der Waals surface area contributed by atoms with Gasteiger partial charge in [0.2, 0.25) is 0 Å². The fraction of sp³-hybridized carbons (Fsp3) is 0.467. The summed E-state index contributed by atoms with van der Waals surface area (Å²) in [4.78, 5) is 14.5. The van der Waals surface area contributed by atoms with E-state index in [4.69, 9.17) is 5.26 Å². The number of hydrogen-bond acceptors (Lipinski definition) is 3. The first-order chi connectivity index (χ1) is 8.74. The van der Waals surface area contributed by atoms with Crippen molar-refractivity contribution in [2.75, 3.05) is 13.1 Å². The van der Waals surface area contributed by atoms with Crippen molar-refractivity contribution in [2.24, 2.45) is 0 Å². The number of carbonyl (C=O) groups excluding carboxylic acids is 1. The van der Waals surface area contributed by atoms with Gasteiger partial charge in [0.15, 0.2) is 5.78 Å². The SMILES string of the molecule is CCC(C(=O)c1ccccc1)N(CC)CCC#N. The number of Topliss-reactive ketones (excluding diaryl/α,β-unsaturated/α-hetero) is 1. The molecule has 0 aliphatic carbocycles. The van der Waals surface area contributed by atoms with E-state index >= 15 is 0 Å². The average Bonchev–Trinajstić information content (AvgIpc) is 2.43. The maximum atomic E-state index is 12.4. The predicted octanol–water partition coefficient (Wildman–Crippen LogP) is 2.88. The van der Waals surface area contributed by atoms with E-state index in [-0.39, 0.29) is 11.8 Å². The summed E-state index contributed by atoms with van der Waals surface area (Å²) in [5.74, 6) is 0.151. The molecule has 0 saturated heterocycles. The zero-order chi connectivity index (χ0) is 13.4. The van der Waals surface area contributed by atoms with Crippen LogP contribution in [0.4, 0.5) is 0 Å². The second kappa shape index (κ2) is 7.62. The first-order valence-electron chi connectivity index (χ1n) is 6.44. The Balaban J connectivity index is 2.82. The molecule has 0 radical (unpaired) electrons. The van der Waals surface area contributed by atoms with E-state index in [1.165, 1.54) is 0 Å². The van der Waals surface area contributed by atoms with Crippen molar-refractivity contribution in [3.8, 4) is 6.07 Å². The molecule has 3 heteroatoms. The minimum atomic E-state index is -0.120. The highest BCUT2D eigenvalue weighted by molar-refractivity contribution is 6.00. The Morgan fingerprint density at radius 1 is 1.33 bits per heavy atom. The lowest BCUT2D eigenvalue weighted by Gasteiger charge is -2.28. The van der Waals surface area contributed by atoms with Crippen LogP contribution in [0.2, 0.25) is 0 Å². The van der Waals surface area contributed by atoms with Gasteiger partial charge in [-0.25, -0.2) is 0 Å². The van der Waals surface area contributed by atoms with Gasteiger partial charge in [0.05, 0.1) is 12.1 Å². The van der Waals surface area contributed by atoms with Gasteiger partial charge in [-0.1, -0.05) is 44.2 Å². The van der Waals surface area contributed by atoms with E-state index in [1.807, 2.05) is 44.2 Å². The van der Waals surface area contributed by atoms with Gasteiger partial charge in [0.25, 0.3) is 0 Å². The quantitative estimate of drug-likeness (QED) is 0.693. The molecule has 3 nitrogen and oxygen atoms in total. The Kier molecular flexibility index (Phi) is 6.10. The fourth-order valence-electron chi connectivity index (χ4n) is 2.13. The van der Waals surface area contributed by atoms with Crippen LogP contribution in [-0.2, 0) is 0 Å². The first-order valence-corrected chi connectivity index (χ1v) is 6.44. The van der Waals surface area contributed by atoms with Crippen molar-refractivity contribution < 1.29 is 4.79 Å². The van der Waals surface area contributed by atoms with Crippen LogP contribution in [0.5, 0.6) is 0 Å². The second-order valence-corrected chi connectivity index (χ2v) is 4.19. The molecule has 0 bridgehead atoms. The number of benzene rings is 1. The molecule has 0 amide bonds. The molecule has 0 aromatic heterocycles. The van der Waals surface area contributed by atoms with Crippen molar-refractivity contribution in [3.63, 3.8) is 0 Å². The molecule has 0 aliphatic rings. The maximum Gasteiger partial charge on any atom is 0.179 e. The molecule has 0 N–H and O–H groups in total. The highest BCUT2D eigenvalue weighted by atomic mass is 16.1. The van der Waals surface area contributed by atoms with Crippen LogP contribution in [0.15, 0.2) is 30.3 Å². The summed E-state index contributed by atoms with van der Waals surface area (Å²) in [7, 11) is 0. The molecule has 1 rings (SSSR count). The van der Waals surface area contributed by atoms with Gasteiger partial charge in [-0.2, -0.15) is 5.26 Å². The van der Waals surface area contributed by atoms with Crippen LogP contribution >= 0.6 is 0 Å². The summed E-state index contributed by atoms with van der Waals surface area (Å²) in [5.41, 5.74) is 0.750. The number of carbonyl (C=O) groups is 1. The second-order valence-electron chi connectivity index (χ2n) is 4.19. The van der Waals surface area contributed by atoms with Crippen LogP contribution in [0.3, 0.4) is 0 Å². The van der Waals surface area contributed by atoms with E-state index in [1.54, 1.807) is 0 Å². The summed E-state index contributed by atoms with van der Waals surface area (Å²) in [6.07, 6.45) is 1.24. The Morgan fingerprint density at radius 2 is 2.00 bits per heavy atom. The van der Waals surface area contributed by atoms with E-state index in [2.05, 4.69) is 11.0 Å². The molecule has 0 fully saturated rings. The number of nitrogens with zero attached hydrogens (tertiary/aromatic N) is 2. The molecule has 0 spiro atoms. The molecule has 96 valence electrons. The average molecular weight is 244 g/mol. The minimum Gasteiger partial charge on any atom is -0.293 e. The van der Waals surface area contributed by atoms with Crippen LogP contribution in [0, 0.1) is 11.3 Å². The fourth-order valence-corrected chi connectivity index (χ4v) is 2.13. The van der Waals surface area contributed by atoms with E-state index < -0.39 is 0 Å². The topological polar surface area (TPSA) is 44.1 Å². The Hall–Kier alpha value is -1.66. The highest BCUT2D eigenvalue weighted by Gasteiger charge is 2.23. The monoisotopic (exact) mass is 244 g/mol. The first kappa shape index (κ1) is 14.4. The standard InChI is InChI=1S/C15H20N2O/c1-3-14(17(4-2)12-8-11-16)15(18)13-9-6-5-7-10-13/h5-7,9-10,14H,3-4,8,12H2,1-2H3. The molecule has 0 saturated carbocycles. The molecule has 1 aromatic carbocycles. The maximum absolute atomic E-state index is 12.4. The lowest BCUT2D eigenvalue weighted by atomic mass is 10.0. The molecule has 1 aromatic rings. The largest absolute Gasteiger partial charge is 0.293 e. The number of hydrogen-bond donors (Lipinski definition) is 0. The van der Waals surface area contributed by atoms with Gasteiger partial charge in [0.1, 0.15) is 0 Å². The number of nitriles is 1. The Bertz CT molecular complexity index is 408. The van der Waals surface area contributed by atoms with Crippen molar-refractivity contribution in [2.45, 2.75) is 32.7 Å². The Labute approximate surface area is 109 Å². The summed E-state index contributed by atoms with van der Waals surface area (Å²) < 4.78 is 0. The van der Waals surface area contributed by atoms with Gasteiger partial charge in [0, 0.05) is 18.5 Å². The molecular weight excluding hydrogens is 224 g/mol. The molecule has 0 aliphatic heterocycles. The van der Waals surface area contributed by atoms with Crippen molar-refractivity contribution in [1.82, 2.24) is 4.90 Å².